The Hall–Kier alpha value is -1.88. The molecule has 0 radical (unpaired) electrons. The fourth-order valence-electron chi connectivity index (χ4n) is 3.20. The van der Waals surface area contributed by atoms with Gasteiger partial charge < -0.3 is 19.3 Å². The van der Waals surface area contributed by atoms with Gasteiger partial charge in [0, 0.05) is 44.8 Å². The molecule has 2 rings (SSSR count). The van der Waals surface area contributed by atoms with Crippen molar-refractivity contribution in [1.82, 2.24) is 18.8 Å². The first-order chi connectivity index (χ1) is 14.4. The minimum atomic E-state index is -3.66. The molecular formula is C20H34N4O5S. The van der Waals surface area contributed by atoms with Gasteiger partial charge in [-0.3, -0.25) is 0 Å². The number of rotatable bonds is 11. The number of ether oxygens (including phenoxy) is 2. The monoisotopic (exact) mass is 442 g/mol. The summed E-state index contributed by atoms with van der Waals surface area (Å²) in [4.78, 5) is 15.6. The van der Waals surface area contributed by atoms with Gasteiger partial charge in [0.25, 0.3) is 10.2 Å². The highest BCUT2D eigenvalue weighted by molar-refractivity contribution is 7.87. The zero-order valence-electron chi connectivity index (χ0n) is 18.2. The summed E-state index contributed by atoms with van der Waals surface area (Å²) in [5.74, 6) is 0.680. The maximum absolute atomic E-state index is 12.7. The summed E-state index contributed by atoms with van der Waals surface area (Å²) in [6.45, 7) is 10.8. The summed E-state index contributed by atoms with van der Waals surface area (Å²) in [6, 6.07) is 7.44. The molecule has 0 aromatic heterocycles. The van der Waals surface area contributed by atoms with Crippen LogP contribution in [0.5, 0.6) is 5.75 Å². The Bertz CT molecular complexity index is 762. The first-order valence-electron chi connectivity index (χ1n) is 10.5. The van der Waals surface area contributed by atoms with Gasteiger partial charge in [0.05, 0.1) is 6.61 Å². The van der Waals surface area contributed by atoms with E-state index in [1.807, 2.05) is 24.3 Å². The highest BCUT2D eigenvalue weighted by Gasteiger charge is 2.29. The standard InChI is InChI=1S/C20H34N4O5S/c1-4-22(5-2)15-16-29-19-10-8-7-9-18(19)17-21-30(26,27)24-13-11-23(12-14-24)20(25)28-6-3/h7-10,21H,4-6,11-17H2,1-3H3. The molecule has 1 fully saturated rings. The van der Waals surface area contributed by atoms with Crippen molar-refractivity contribution in [2.75, 3.05) is 59.0 Å². The molecule has 1 saturated heterocycles. The minimum absolute atomic E-state index is 0.141. The van der Waals surface area contributed by atoms with E-state index in [2.05, 4.69) is 23.5 Å². The molecule has 0 atom stereocenters. The summed E-state index contributed by atoms with van der Waals surface area (Å²) in [5, 5.41) is 0. The second kappa shape index (κ2) is 12.1. The van der Waals surface area contributed by atoms with Gasteiger partial charge in [-0.05, 0) is 26.1 Å². The van der Waals surface area contributed by atoms with E-state index in [1.165, 1.54) is 9.21 Å². The van der Waals surface area contributed by atoms with Gasteiger partial charge in [0.1, 0.15) is 12.4 Å². The lowest BCUT2D eigenvalue weighted by molar-refractivity contribution is 0.0932. The lowest BCUT2D eigenvalue weighted by Gasteiger charge is -2.33. The second-order valence-electron chi connectivity index (χ2n) is 6.89. The molecule has 1 aliphatic rings. The Labute approximate surface area is 180 Å². The molecule has 170 valence electrons. The zero-order valence-corrected chi connectivity index (χ0v) is 19.0. The van der Waals surface area contributed by atoms with Crippen molar-refractivity contribution >= 4 is 16.3 Å². The molecule has 1 aromatic rings. The second-order valence-corrected chi connectivity index (χ2v) is 8.65. The van der Waals surface area contributed by atoms with E-state index in [-0.39, 0.29) is 19.6 Å². The van der Waals surface area contributed by atoms with Crippen molar-refractivity contribution < 1.29 is 22.7 Å². The van der Waals surface area contributed by atoms with Gasteiger partial charge in [-0.1, -0.05) is 32.0 Å². The third kappa shape index (κ3) is 7.12. The number of likely N-dealkylation sites (N-methyl/N-ethyl adjacent to an activating group) is 1. The van der Waals surface area contributed by atoms with Gasteiger partial charge in [-0.15, -0.1) is 0 Å². The van der Waals surface area contributed by atoms with Crippen LogP contribution in [0.1, 0.15) is 26.3 Å². The fraction of sp³-hybridized carbons (Fsp3) is 0.650. The maximum atomic E-state index is 12.7. The van der Waals surface area contributed by atoms with Crippen LogP contribution in [-0.2, 0) is 21.5 Å². The molecule has 1 heterocycles. The van der Waals surface area contributed by atoms with Crippen molar-refractivity contribution in [2.45, 2.75) is 27.3 Å². The van der Waals surface area contributed by atoms with Crippen LogP contribution >= 0.6 is 0 Å². The number of para-hydroxylation sites is 1. The molecule has 9 nitrogen and oxygen atoms in total. The topological polar surface area (TPSA) is 91.4 Å². The zero-order chi connectivity index (χ0) is 22.0. The number of hydrogen-bond donors (Lipinski definition) is 1. The number of carbonyl (C=O) groups excluding carboxylic acids is 1. The minimum Gasteiger partial charge on any atom is -0.492 e. The van der Waals surface area contributed by atoms with E-state index < -0.39 is 16.3 Å². The van der Waals surface area contributed by atoms with Crippen LogP contribution in [-0.4, -0.2) is 87.6 Å². The Kier molecular flexibility index (Phi) is 9.83. The molecule has 1 N–H and O–H groups in total. The van der Waals surface area contributed by atoms with Crippen LogP contribution in [0.15, 0.2) is 24.3 Å². The Morgan fingerprint density at radius 3 is 2.40 bits per heavy atom. The maximum Gasteiger partial charge on any atom is 0.409 e. The summed E-state index contributed by atoms with van der Waals surface area (Å²) in [6.07, 6.45) is -0.404. The van der Waals surface area contributed by atoms with Gasteiger partial charge in [-0.2, -0.15) is 17.4 Å². The molecule has 0 bridgehead atoms. The molecule has 1 aromatic carbocycles. The van der Waals surface area contributed by atoms with Crippen LogP contribution in [0, 0.1) is 0 Å². The van der Waals surface area contributed by atoms with Crippen LogP contribution in [0.2, 0.25) is 0 Å². The summed E-state index contributed by atoms with van der Waals surface area (Å²) >= 11 is 0. The number of piperazine rings is 1. The van der Waals surface area contributed by atoms with Crippen LogP contribution in [0.4, 0.5) is 4.79 Å². The molecule has 0 unspecified atom stereocenters. The van der Waals surface area contributed by atoms with Crippen molar-refractivity contribution in [1.29, 1.82) is 0 Å². The molecule has 1 aliphatic heterocycles. The predicted octanol–water partition coefficient (Wildman–Crippen LogP) is 1.52. The predicted molar refractivity (Wildman–Crippen MR) is 116 cm³/mol. The molecule has 1 amide bonds. The van der Waals surface area contributed by atoms with Crippen LogP contribution < -0.4 is 9.46 Å². The summed E-state index contributed by atoms with van der Waals surface area (Å²) in [5.41, 5.74) is 0.783. The Morgan fingerprint density at radius 1 is 1.10 bits per heavy atom. The number of benzene rings is 1. The van der Waals surface area contributed by atoms with E-state index in [4.69, 9.17) is 9.47 Å². The SMILES string of the molecule is CCOC(=O)N1CCN(S(=O)(=O)NCc2ccccc2OCCN(CC)CC)CC1. The van der Waals surface area contributed by atoms with Crippen molar-refractivity contribution in [3.63, 3.8) is 0 Å². The quantitative estimate of drug-likeness (QED) is 0.559. The van der Waals surface area contributed by atoms with Crippen molar-refractivity contribution in [3.8, 4) is 5.75 Å². The highest BCUT2D eigenvalue weighted by Crippen LogP contribution is 2.18. The number of hydrogen-bond acceptors (Lipinski definition) is 6. The normalized spacial score (nSPS) is 15.4. The first-order valence-corrected chi connectivity index (χ1v) is 11.9. The van der Waals surface area contributed by atoms with Crippen molar-refractivity contribution in [3.05, 3.63) is 29.8 Å². The molecule has 0 saturated carbocycles. The average Bonchev–Trinajstić information content (AvgIpc) is 2.76. The summed E-state index contributed by atoms with van der Waals surface area (Å²) in [7, 11) is -3.66. The lowest BCUT2D eigenvalue weighted by Crippen LogP contribution is -2.53. The van der Waals surface area contributed by atoms with Crippen LogP contribution in [0.3, 0.4) is 0 Å². The van der Waals surface area contributed by atoms with Crippen molar-refractivity contribution in [2.24, 2.45) is 0 Å². The Balaban J connectivity index is 1.88. The smallest absolute Gasteiger partial charge is 0.409 e. The fourth-order valence-corrected chi connectivity index (χ4v) is 4.37. The molecule has 10 heteroatoms. The molecule has 30 heavy (non-hydrogen) atoms. The van der Waals surface area contributed by atoms with E-state index in [0.29, 0.717) is 32.1 Å². The third-order valence-electron chi connectivity index (χ3n) is 5.08. The molecular weight excluding hydrogens is 408 g/mol. The number of carbonyl (C=O) groups is 1. The van der Waals surface area contributed by atoms with Gasteiger partial charge in [0.15, 0.2) is 0 Å². The largest absolute Gasteiger partial charge is 0.492 e. The highest BCUT2D eigenvalue weighted by atomic mass is 32.2. The molecule has 0 spiro atoms. The van der Waals surface area contributed by atoms with Gasteiger partial charge in [0.2, 0.25) is 0 Å². The lowest BCUT2D eigenvalue weighted by atomic mass is 10.2. The molecule has 0 aliphatic carbocycles. The summed E-state index contributed by atoms with van der Waals surface area (Å²) < 4.78 is 40.2. The first kappa shape index (κ1) is 24.4. The number of nitrogens with zero attached hydrogens (tertiary/aromatic N) is 3. The van der Waals surface area contributed by atoms with E-state index in [0.717, 1.165) is 25.2 Å². The van der Waals surface area contributed by atoms with E-state index >= 15 is 0 Å². The van der Waals surface area contributed by atoms with Crippen LogP contribution in [0.25, 0.3) is 0 Å². The Morgan fingerprint density at radius 2 is 1.77 bits per heavy atom. The van der Waals surface area contributed by atoms with E-state index in [1.54, 1.807) is 6.92 Å². The number of nitrogens with one attached hydrogen (secondary N) is 1. The van der Waals surface area contributed by atoms with Gasteiger partial charge in [-0.25, -0.2) is 4.79 Å². The van der Waals surface area contributed by atoms with E-state index in [9.17, 15) is 13.2 Å². The number of amides is 1. The third-order valence-corrected chi connectivity index (χ3v) is 6.64. The van der Waals surface area contributed by atoms with Gasteiger partial charge >= 0.3 is 6.09 Å². The average molecular weight is 443 g/mol.